The van der Waals surface area contributed by atoms with Gasteiger partial charge in [-0.1, -0.05) is 46.3 Å². The van der Waals surface area contributed by atoms with E-state index < -0.39 is 0 Å². The second-order valence-corrected chi connectivity index (χ2v) is 7.31. The zero-order valence-electron chi connectivity index (χ0n) is 11.3. The van der Waals surface area contributed by atoms with E-state index in [4.69, 9.17) is 0 Å². The number of halogens is 1. The van der Waals surface area contributed by atoms with Crippen molar-refractivity contribution in [3.63, 3.8) is 0 Å². The number of benzene rings is 1. The third kappa shape index (κ3) is 2.86. The Morgan fingerprint density at radius 3 is 2.58 bits per heavy atom. The Hall–Kier alpha value is -0.830. The summed E-state index contributed by atoms with van der Waals surface area (Å²) in [7, 11) is 1.96. The first-order chi connectivity index (χ1) is 9.15. The van der Waals surface area contributed by atoms with Crippen LogP contribution < -0.4 is 0 Å². The third-order valence-electron chi connectivity index (χ3n) is 4.42. The Morgan fingerprint density at radius 2 is 1.95 bits per heavy atom. The van der Waals surface area contributed by atoms with Gasteiger partial charge in [-0.15, -0.1) is 0 Å². The van der Waals surface area contributed by atoms with Crippen LogP contribution >= 0.6 is 15.9 Å². The number of carbonyl (C=O) groups is 1. The van der Waals surface area contributed by atoms with Crippen molar-refractivity contribution in [2.45, 2.75) is 30.0 Å². The Kier molecular flexibility index (Phi) is 3.66. The smallest absolute Gasteiger partial charge is 0.226 e. The van der Waals surface area contributed by atoms with Gasteiger partial charge in [0.05, 0.1) is 0 Å². The van der Waals surface area contributed by atoms with E-state index in [0.717, 1.165) is 13.0 Å². The molecule has 1 aromatic carbocycles. The molecule has 0 aromatic heterocycles. The fraction of sp³-hybridized carbons (Fsp3) is 0.562. The molecule has 2 saturated carbocycles. The van der Waals surface area contributed by atoms with Gasteiger partial charge in [0.1, 0.15) is 0 Å². The molecule has 2 atom stereocenters. The van der Waals surface area contributed by atoms with E-state index >= 15 is 0 Å². The fourth-order valence-electron chi connectivity index (χ4n) is 3.10. The molecule has 1 aromatic rings. The molecule has 3 rings (SSSR count). The first-order valence-corrected chi connectivity index (χ1v) is 8.00. The summed E-state index contributed by atoms with van der Waals surface area (Å²) in [6, 6.07) is 10.4. The number of rotatable bonds is 4. The molecule has 19 heavy (non-hydrogen) atoms. The van der Waals surface area contributed by atoms with Crippen molar-refractivity contribution in [3.05, 3.63) is 35.9 Å². The molecule has 1 amide bonds. The van der Waals surface area contributed by atoms with Crippen molar-refractivity contribution < 1.29 is 4.79 Å². The highest BCUT2D eigenvalue weighted by Gasteiger charge is 2.45. The number of carbonyl (C=O) groups excluding carboxylic acids is 1. The van der Waals surface area contributed by atoms with Gasteiger partial charge in [0.15, 0.2) is 0 Å². The summed E-state index contributed by atoms with van der Waals surface area (Å²) in [6.45, 7) is 0.930. The van der Waals surface area contributed by atoms with Crippen molar-refractivity contribution in [1.29, 1.82) is 0 Å². The summed E-state index contributed by atoms with van der Waals surface area (Å²) in [5, 5.41) is 0. The molecule has 0 N–H and O–H groups in total. The zero-order chi connectivity index (χ0) is 13.4. The van der Waals surface area contributed by atoms with Crippen molar-refractivity contribution >= 4 is 21.8 Å². The Labute approximate surface area is 123 Å². The van der Waals surface area contributed by atoms with Crippen LogP contribution in [-0.2, 0) is 4.79 Å². The topological polar surface area (TPSA) is 20.3 Å². The summed E-state index contributed by atoms with van der Waals surface area (Å²) < 4.78 is 0. The molecule has 2 unspecified atom stereocenters. The van der Waals surface area contributed by atoms with Gasteiger partial charge in [0, 0.05) is 24.3 Å². The predicted molar refractivity (Wildman–Crippen MR) is 80.4 cm³/mol. The minimum atomic E-state index is 0.229. The van der Waals surface area contributed by atoms with Gasteiger partial charge in [-0.3, -0.25) is 4.79 Å². The minimum absolute atomic E-state index is 0.229. The molecule has 2 aliphatic carbocycles. The van der Waals surface area contributed by atoms with E-state index in [0.29, 0.717) is 22.6 Å². The Morgan fingerprint density at radius 1 is 1.26 bits per heavy atom. The maximum absolute atomic E-state index is 12.4. The Bertz CT molecular complexity index is 455. The standard InChI is InChI=1S/C16H20BrNO/c1-18(10-11-7-13(17)8-11)16(19)15-9-14(15)12-5-3-2-4-6-12/h2-6,11,13-15H,7-10H2,1H3. The lowest BCUT2D eigenvalue weighted by Gasteiger charge is -2.34. The first-order valence-electron chi connectivity index (χ1n) is 7.09. The van der Waals surface area contributed by atoms with Crippen LogP contribution in [0.5, 0.6) is 0 Å². The number of hydrogen-bond acceptors (Lipinski definition) is 1. The highest BCUT2D eigenvalue weighted by molar-refractivity contribution is 9.09. The van der Waals surface area contributed by atoms with Gasteiger partial charge in [0.2, 0.25) is 5.91 Å². The van der Waals surface area contributed by atoms with E-state index in [1.54, 1.807) is 0 Å². The van der Waals surface area contributed by atoms with Crippen molar-refractivity contribution in [3.8, 4) is 0 Å². The van der Waals surface area contributed by atoms with E-state index in [1.165, 1.54) is 18.4 Å². The highest BCUT2D eigenvalue weighted by atomic mass is 79.9. The lowest BCUT2D eigenvalue weighted by molar-refractivity contribution is -0.132. The summed E-state index contributed by atoms with van der Waals surface area (Å²) in [4.78, 5) is 15.0. The second kappa shape index (κ2) is 5.28. The largest absolute Gasteiger partial charge is 0.345 e. The number of alkyl halides is 1. The van der Waals surface area contributed by atoms with Crippen LogP contribution in [0.2, 0.25) is 0 Å². The average molecular weight is 322 g/mol. The molecule has 0 saturated heterocycles. The van der Waals surface area contributed by atoms with Crippen LogP contribution in [0, 0.1) is 11.8 Å². The normalized spacial score (nSPS) is 32.5. The van der Waals surface area contributed by atoms with Gasteiger partial charge in [-0.2, -0.15) is 0 Å². The maximum Gasteiger partial charge on any atom is 0.226 e. The molecule has 0 heterocycles. The molecule has 0 spiro atoms. The monoisotopic (exact) mass is 321 g/mol. The maximum atomic E-state index is 12.4. The summed E-state index contributed by atoms with van der Waals surface area (Å²) in [6.07, 6.45) is 3.45. The van der Waals surface area contributed by atoms with E-state index in [-0.39, 0.29) is 5.92 Å². The number of hydrogen-bond donors (Lipinski definition) is 0. The van der Waals surface area contributed by atoms with E-state index in [1.807, 2.05) is 18.0 Å². The van der Waals surface area contributed by atoms with Gasteiger partial charge in [-0.25, -0.2) is 0 Å². The molecule has 2 aliphatic rings. The number of amides is 1. The van der Waals surface area contributed by atoms with Crippen LogP contribution in [0.3, 0.4) is 0 Å². The molecule has 0 aliphatic heterocycles. The fourth-order valence-corrected chi connectivity index (χ4v) is 4.16. The van der Waals surface area contributed by atoms with Gasteiger partial charge in [0.25, 0.3) is 0 Å². The Balaban J connectivity index is 1.52. The van der Waals surface area contributed by atoms with Gasteiger partial charge in [-0.05, 0) is 36.7 Å². The predicted octanol–water partition coefficient (Wildman–Crippen LogP) is 3.42. The van der Waals surface area contributed by atoms with Gasteiger partial charge < -0.3 is 4.90 Å². The van der Waals surface area contributed by atoms with Crippen LogP contribution in [0.25, 0.3) is 0 Å². The zero-order valence-corrected chi connectivity index (χ0v) is 12.8. The SMILES string of the molecule is CN(CC1CC(Br)C1)C(=O)C1CC1c1ccccc1. The summed E-state index contributed by atoms with van der Waals surface area (Å²) in [5.74, 6) is 1.73. The first kappa shape index (κ1) is 13.2. The molecule has 0 bridgehead atoms. The minimum Gasteiger partial charge on any atom is -0.345 e. The molecule has 2 fully saturated rings. The van der Waals surface area contributed by atoms with Crippen LogP contribution in [0.1, 0.15) is 30.7 Å². The van der Waals surface area contributed by atoms with Crippen molar-refractivity contribution in [2.75, 3.05) is 13.6 Å². The molecule has 102 valence electrons. The molecular weight excluding hydrogens is 302 g/mol. The molecule has 2 nitrogen and oxygen atoms in total. The molecule has 3 heteroatoms. The molecule has 0 radical (unpaired) electrons. The lowest BCUT2D eigenvalue weighted by atomic mass is 9.85. The van der Waals surface area contributed by atoms with Crippen LogP contribution in [0.15, 0.2) is 30.3 Å². The van der Waals surface area contributed by atoms with E-state index in [2.05, 4.69) is 40.2 Å². The van der Waals surface area contributed by atoms with E-state index in [9.17, 15) is 4.79 Å². The lowest BCUT2D eigenvalue weighted by Crippen LogP contribution is -2.38. The third-order valence-corrected chi connectivity index (χ3v) is 5.17. The van der Waals surface area contributed by atoms with Crippen molar-refractivity contribution in [2.24, 2.45) is 11.8 Å². The quantitative estimate of drug-likeness (QED) is 0.778. The summed E-state index contributed by atoms with van der Waals surface area (Å²) >= 11 is 3.61. The molecular formula is C16H20BrNO. The van der Waals surface area contributed by atoms with Crippen molar-refractivity contribution in [1.82, 2.24) is 4.90 Å². The number of nitrogens with zero attached hydrogens (tertiary/aromatic N) is 1. The second-order valence-electron chi connectivity index (χ2n) is 6.01. The van der Waals surface area contributed by atoms with Gasteiger partial charge >= 0.3 is 0 Å². The van der Waals surface area contributed by atoms with Crippen LogP contribution in [-0.4, -0.2) is 29.2 Å². The summed E-state index contributed by atoms with van der Waals surface area (Å²) in [5.41, 5.74) is 1.32. The highest BCUT2D eigenvalue weighted by Crippen LogP contribution is 2.48. The van der Waals surface area contributed by atoms with Crippen LogP contribution in [0.4, 0.5) is 0 Å². The average Bonchev–Trinajstić information content (AvgIpc) is 3.17.